The molecule has 3 aromatic rings. The molecule has 4 heterocycles. The summed E-state index contributed by atoms with van der Waals surface area (Å²) in [6.45, 7) is 3.15. The molecular weight excluding hydrogens is 399 g/mol. The van der Waals surface area contributed by atoms with E-state index in [1.807, 2.05) is 6.92 Å². The molecule has 0 spiro atoms. The summed E-state index contributed by atoms with van der Waals surface area (Å²) in [6, 6.07) is 6.00. The zero-order valence-corrected chi connectivity index (χ0v) is 16.9. The van der Waals surface area contributed by atoms with Crippen molar-refractivity contribution >= 4 is 23.7 Å². The van der Waals surface area contributed by atoms with Gasteiger partial charge in [0.15, 0.2) is 5.82 Å². The van der Waals surface area contributed by atoms with E-state index in [1.165, 1.54) is 17.0 Å². The standard InChI is InChI=1S/C21H21FN8O/c1-2-16-18(24)29(12-23)17-9-26-21(27-20(17)30(16)15-10-31-11-15)28-8-7-25-19(28)13-3-5-14(22)6-4-13/h3-9,12,15-16,23-24H,2,10-11H2,1H3. The van der Waals surface area contributed by atoms with Gasteiger partial charge in [-0.25, -0.2) is 14.4 Å². The molecule has 9 nitrogen and oxygen atoms in total. The van der Waals surface area contributed by atoms with Crippen molar-refractivity contribution in [2.24, 2.45) is 0 Å². The molecule has 0 aliphatic carbocycles. The maximum absolute atomic E-state index is 13.4. The molecule has 0 radical (unpaired) electrons. The molecule has 0 amide bonds. The summed E-state index contributed by atoms with van der Waals surface area (Å²) < 4.78 is 20.5. The Morgan fingerprint density at radius 2 is 2.00 bits per heavy atom. The molecule has 158 valence electrons. The molecule has 5 rings (SSSR count). The fraction of sp³-hybridized carbons (Fsp3) is 0.286. The van der Waals surface area contributed by atoms with Crippen molar-refractivity contribution in [1.82, 2.24) is 19.5 Å². The summed E-state index contributed by atoms with van der Waals surface area (Å²) in [5.41, 5.74) is 1.33. The monoisotopic (exact) mass is 420 g/mol. The van der Waals surface area contributed by atoms with Gasteiger partial charge in [0.25, 0.3) is 0 Å². The second kappa shape index (κ2) is 7.55. The van der Waals surface area contributed by atoms with Crippen LogP contribution < -0.4 is 9.80 Å². The Kier molecular flexibility index (Phi) is 4.70. The third-order valence-electron chi connectivity index (χ3n) is 5.64. The molecule has 0 saturated carbocycles. The number of anilines is 2. The number of halogens is 1. The Morgan fingerprint density at radius 3 is 2.65 bits per heavy atom. The predicted octanol–water partition coefficient (Wildman–Crippen LogP) is 2.86. The first-order chi connectivity index (χ1) is 15.1. The molecule has 1 saturated heterocycles. The predicted molar refractivity (Wildman–Crippen MR) is 115 cm³/mol. The highest BCUT2D eigenvalue weighted by molar-refractivity contribution is 6.16. The van der Waals surface area contributed by atoms with E-state index >= 15 is 0 Å². The van der Waals surface area contributed by atoms with E-state index in [1.54, 1.807) is 35.3 Å². The van der Waals surface area contributed by atoms with Gasteiger partial charge in [0.2, 0.25) is 5.95 Å². The lowest BCUT2D eigenvalue weighted by Gasteiger charge is -2.48. The lowest BCUT2D eigenvalue weighted by molar-refractivity contribution is 0.00606. The van der Waals surface area contributed by atoms with Crippen LogP contribution in [-0.4, -0.2) is 57.0 Å². The fourth-order valence-corrected chi connectivity index (χ4v) is 4.02. The minimum Gasteiger partial charge on any atom is -0.377 e. The summed E-state index contributed by atoms with van der Waals surface area (Å²) in [6.07, 6.45) is 6.86. The molecule has 10 heteroatoms. The number of ether oxygens (including phenoxy) is 1. The van der Waals surface area contributed by atoms with Crippen LogP contribution in [0.15, 0.2) is 42.9 Å². The molecule has 2 aliphatic rings. The fourth-order valence-electron chi connectivity index (χ4n) is 4.02. The SMILES string of the molecule is CCC1C(=N)N(C=N)c2cnc(-n3ccnc3-c3ccc(F)cc3)nc2N1C1COC1. The second-order valence-corrected chi connectivity index (χ2v) is 7.41. The van der Waals surface area contributed by atoms with Gasteiger partial charge in [-0.2, -0.15) is 4.98 Å². The van der Waals surface area contributed by atoms with Crippen LogP contribution in [0.25, 0.3) is 17.3 Å². The summed E-state index contributed by atoms with van der Waals surface area (Å²) in [5, 5.41) is 16.4. The smallest absolute Gasteiger partial charge is 0.237 e. The molecule has 1 fully saturated rings. The van der Waals surface area contributed by atoms with Gasteiger partial charge in [-0.3, -0.25) is 20.3 Å². The third kappa shape index (κ3) is 3.07. The Hall–Kier alpha value is -3.66. The van der Waals surface area contributed by atoms with E-state index in [-0.39, 0.29) is 17.9 Å². The highest BCUT2D eigenvalue weighted by Gasteiger charge is 2.41. The second-order valence-electron chi connectivity index (χ2n) is 7.41. The molecule has 2 aromatic heterocycles. The number of nitrogens with zero attached hydrogens (tertiary/aromatic N) is 6. The highest BCUT2D eigenvalue weighted by atomic mass is 19.1. The van der Waals surface area contributed by atoms with Crippen LogP contribution in [0.3, 0.4) is 0 Å². The zero-order chi connectivity index (χ0) is 21.5. The van der Waals surface area contributed by atoms with E-state index in [4.69, 9.17) is 20.5 Å². The van der Waals surface area contributed by atoms with Crippen LogP contribution in [0.2, 0.25) is 0 Å². The van der Waals surface area contributed by atoms with Crippen LogP contribution in [0.4, 0.5) is 15.9 Å². The molecule has 2 N–H and O–H groups in total. The molecule has 0 bridgehead atoms. The number of rotatable bonds is 5. The van der Waals surface area contributed by atoms with Crippen molar-refractivity contribution in [2.75, 3.05) is 23.0 Å². The molecule has 2 aliphatic heterocycles. The maximum atomic E-state index is 13.4. The van der Waals surface area contributed by atoms with Crippen LogP contribution >= 0.6 is 0 Å². The Balaban J connectivity index is 1.63. The first-order valence-electron chi connectivity index (χ1n) is 10.0. The summed E-state index contributed by atoms with van der Waals surface area (Å²) in [4.78, 5) is 17.4. The van der Waals surface area contributed by atoms with Gasteiger partial charge in [-0.05, 0) is 30.7 Å². The normalized spacial score (nSPS) is 18.6. The number of imidazole rings is 1. The van der Waals surface area contributed by atoms with Crippen LogP contribution in [0, 0.1) is 16.6 Å². The first kappa shape index (κ1) is 19.3. The molecule has 31 heavy (non-hydrogen) atoms. The first-order valence-corrected chi connectivity index (χ1v) is 10.0. The van der Waals surface area contributed by atoms with Crippen LogP contribution in [0.1, 0.15) is 13.3 Å². The number of amidine groups is 1. The number of hydrogen-bond acceptors (Lipinski definition) is 7. The van der Waals surface area contributed by atoms with Gasteiger partial charge in [0.05, 0.1) is 37.8 Å². The van der Waals surface area contributed by atoms with Crippen LogP contribution in [0.5, 0.6) is 0 Å². The largest absolute Gasteiger partial charge is 0.377 e. The Labute approximate surface area is 178 Å². The van der Waals surface area contributed by atoms with Gasteiger partial charge >= 0.3 is 0 Å². The van der Waals surface area contributed by atoms with Crippen molar-refractivity contribution in [2.45, 2.75) is 25.4 Å². The third-order valence-corrected chi connectivity index (χ3v) is 5.64. The highest BCUT2D eigenvalue weighted by Crippen LogP contribution is 2.38. The average molecular weight is 420 g/mol. The van der Waals surface area contributed by atoms with Crippen LogP contribution in [-0.2, 0) is 4.74 Å². The van der Waals surface area contributed by atoms with E-state index in [0.717, 1.165) is 11.9 Å². The van der Waals surface area contributed by atoms with E-state index in [0.29, 0.717) is 48.7 Å². The van der Waals surface area contributed by atoms with Gasteiger partial charge in [-0.1, -0.05) is 6.92 Å². The van der Waals surface area contributed by atoms with Crippen molar-refractivity contribution in [1.29, 1.82) is 10.8 Å². The quantitative estimate of drug-likeness (QED) is 0.486. The van der Waals surface area contributed by atoms with Gasteiger partial charge in [0.1, 0.15) is 23.2 Å². The number of nitrogens with one attached hydrogen (secondary N) is 2. The van der Waals surface area contributed by atoms with Crippen molar-refractivity contribution in [3.63, 3.8) is 0 Å². The number of fused-ring (bicyclic) bond motifs is 1. The number of aromatic nitrogens is 4. The summed E-state index contributed by atoms with van der Waals surface area (Å²) >= 11 is 0. The van der Waals surface area contributed by atoms with E-state index < -0.39 is 0 Å². The number of hydrogen-bond donors (Lipinski definition) is 2. The number of benzene rings is 1. The van der Waals surface area contributed by atoms with Gasteiger partial charge in [-0.15, -0.1) is 0 Å². The zero-order valence-electron chi connectivity index (χ0n) is 16.9. The Morgan fingerprint density at radius 1 is 1.23 bits per heavy atom. The topological polar surface area (TPSA) is 107 Å². The molecule has 1 aromatic carbocycles. The van der Waals surface area contributed by atoms with Gasteiger partial charge in [0, 0.05) is 18.0 Å². The molecular formula is C21H21FN8O. The minimum absolute atomic E-state index is 0.110. The van der Waals surface area contributed by atoms with E-state index in [9.17, 15) is 4.39 Å². The summed E-state index contributed by atoms with van der Waals surface area (Å²) in [7, 11) is 0. The maximum Gasteiger partial charge on any atom is 0.237 e. The summed E-state index contributed by atoms with van der Waals surface area (Å²) in [5.74, 6) is 1.67. The van der Waals surface area contributed by atoms with Gasteiger partial charge < -0.3 is 9.64 Å². The lowest BCUT2D eigenvalue weighted by atomic mass is 10.0. The van der Waals surface area contributed by atoms with Crippen molar-refractivity contribution in [3.8, 4) is 17.3 Å². The molecule has 1 unspecified atom stereocenters. The van der Waals surface area contributed by atoms with Crippen molar-refractivity contribution < 1.29 is 9.13 Å². The lowest BCUT2D eigenvalue weighted by Crippen LogP contribution is -2.61. The van der Waals surface area contributed by atoms with Crippen molar-refractivity contribution in [3.05, 3.63) is 48.7 Å². The minimum atomic E-state index is -0.315. The van der Waals surface area contributed by atoms with E-state index in [2.05, 4.69) is 14.9 Å². The Bertz CT molecular complexity index is 1140. The molecule has 1 atom stereocenters. The average Bonchev–Trinajstić information content (AvgIpc) is 3.23.